The maximum atomic E-state index is 5.93. The van der Waals surface area contributed by atoms with Crippen LogP contribution in [0.5, 0.6) is 5.75 Å². The quantitative estimate of drug-likeness (QED) is 0.577. The summed E-state index contributed by atoms with van der Waals surface area (Å²) in [6.45, 7) is 1.92. The van der Waals surface area contributed by atoms with E-state index in [-0.39, 0.29) is 0 Å². The van der Waals surface area contributed by atoms with Crippen molar-refractivity contribution >= 4 is 67.8 Å². The van der Waals surface area contributed by atoms with Crippen molar-refractivity contribution in [3.05, 3.63) is 22.8 Å². The molecule has 2 nitrogen and oxygen atoms in total. The van der Waals surface area contributed by atoms with Crippen LogP contribution >= 0.6 is 67.8 Å². The van der Waals surface area contributed by atoms with Gasteiger partial charge in [0.25, 0.3) is 0 Å². The second-order valence-electron chi connectivity index (χ2n) is 3.80. The van der Waals surface area contributed by atoms with Gasteiger partial charge in [-0.2, -0.15) is 0 Å². The standard InChI is InChI=1S/C11H12I3NO/c12-7-4-9(13)11(10(14)5-7)16-6-8-2-1-3-15-8/h4-5,8,15H,1-3,6H2. The van der Waals surface area contributed by atoms with Crippen molar-refractivity contribution in [3.8, 4) is 5.75 Å². The summed E-state index contributed by atoms with van der Waals surface area (Å²) in [5.74, 6) is 1.04. The van der Waals surface area contributed by atoms with Crippen LogP contribution < -0.4 is 10.1 Å². The number of benzene rings is 1. The molecule has 1 aromatic carbocycles. The Morgan fingerprint density at radius 3 is 2.50 bits per heavy atom. The first kappa shape index (κ1) is 13.6. The van der Waals surface area contributed by atoms with Gasteiger partial charge in [0.2, 0.25) is 0 Å². The van der Waals surface area contributed by atoms with Gasteiger partial charge in [0.15, 0.2) is 0 Å². The van der Waals surface area contributed by atoms with E-state index in [1.807, 2.05) is 0 Å². The molecule has 1 atom stereocenters. The predicted molar refractivity (Wildman–Crippen MR) is 91.1 cm³/mol. The van der Waals surface area contributed by atoms with Gasteiger partial charge in [-0.25, -0.2) is 0 Å². The largest absolute Gasteiger partial charge is 0.490 e. The molecule has 2 rings (SSSR count). The van der Waals surface area contributed by atoms with Crippen LogP contribution in [0.25, 0.3) is 0 Å². The van der Waals surface area contributed by atoms with Gasteiger partial charge in [-0.15, -0.1) is 0 Å². The molecule has 0 spiro atoms. The molecule has 0 radical (unpaired) electrons. The maximum absolute atomic E-state index is 5.93. The van der Waals surface area contributed by atoms with Crippen molar-refractivity contribution < 1.29 is 4.74 Å². The number of rotatable bonds is 3. The Labute approximate surface area is 137 Å². The lowest BCUT2D eigenvalue weighted by molar-refractivity contribution is 0.273. The highest BCUT2D eigenvalue weighted by Crippen LogP contribution is 2.29. The topological polar surface area (TPSA) is 21.3 Å². The molecule has 5 heteroatoms. The molecule has 1 aliphatic heterocycles. The molecule has 0 saturated carbocycles. The average Bonchev–Trinajstić information content (AvgIpc) is 2.68. The van der Waals surface area contributed by atoms with Crippen LogP contribution in [0.1, 0.15) is 12.8 Å². The van der Waals surface area contributed by atoms with E-state index < -0.39 is 0 Å². The zero-order valence-corrected chi connectivity index (χ0v) is 15.1. The summed E-state index contributed by atoms with van der Waals surface area (Å²) in [6.07, 6.45) is 2.51. The summed E-state index contributed by atoms with van der Waals surface area (Å²) in [5, 5.41) is 3.45. The molecule has 0 aromatic heterocycles. The molecule has 16 heavy (non-hydrogen) atoms. The van der Waals surface area contributed by atoms with Gasteiger partial charge in [-0.3, -0.25) is 0 Å². The van der Waals surface area contributed by atoms with Crippen molar-refractivity contribution in [2.24, 2.45) is 0 Å². The van der Waals surface area contributed by atoms with Gasteiger partial charge >= 0.3 is 0 Å². The van der Waals surface area contributed by atoms with E-state index in [0.717, 1.165) is 18.9 Å². The second kappa shape index (κ2) is 6.37. The summed E-state index contributed by atoms with van der Waals surface area (Å²) in [4.78, 5) is 0. The Hall–Kier alpha value is 1.17. The Morgan fingerprint density at radius 2 is 1.94 bits per heavy atom. The van der Waals surface area contributed by atoms with E-state index in [1.54, 1.807) is 0 Å². The highest BCUT2D eigenvalue weighted by molar-refractivity contribution is 14.1. The second-order valence-corrected chi connectivity index (χ2v) is 7.37. The monoisotopic (exact) mass is 555 g/mol. The number of ether oxygens (including phenoxy) is 1. The summed E-state index contributed by atoms with van der Waals surface area (Å²) >= 11 is 7.02. The number of hydrogen-bond acceptors (Lipinski definition) is 2. The Kier molecular flexibility index (Phi) is 5.41. The molecule has 88 valence electrons. The average molecular weight is 555 g/mol. The normalized spacial score (nSPS) is 20.1. The minimum Gasteiger partial charge on any atom is -0.490 e. The van der Waals surface area contributed by atoms with Gasteiger partial charge in [-0.05, 0) is 99.3 Å². The van der Waals surface area contributed by atoms with Crippen LogP contribution in [0.3, 0.4) is 0 Å². The maximum Gasteiger partial charge on any atom is 0.146 e. The lowest BCUT2D eigenvalue weighted by atomic mass is 10.2. The van der Waals surface area contributed by atoms with E-state index >= 15 is 0 Å². The van der Waals surface area contributed by atoms with E-state index in [1.165, 1.54) is 23.6 Å². The van der Waals surface area contributed by atoms with E-state index in [0.29, 0.717) is 6.04 Å². The number of halogens is 3. The van der Waals surface area contributed by atoms with Crippen LogP contribution in [0.4, 0.5) is 0 Å². The van der Waals surface area contributed by atoms with E-state index in [9.17, 15) is 0 Å². The summed E-state index contributed by atoms with van der Waals surface area (Å²) in [7, 11) is 0. The zero-order valence-electron chi connectivity index (χ0n) is 8.60. The lowest BCUT2D eigenvalue weighted by Gasteiger charge is -2.14. The summed E-state index contributed by atoms with van der Waals surface area (Å²) in [6, 6.07) is 4.84. The first-order valence-corrected chi connectivity index (χ1v) is 8.41. The third-order valence-electron chi connectivity index (χ3n) is 2.55. The molecule has 1 heterocycles. The molecule has 1 unspecified atom stereocenters. The smallest absolute Gasteiger partial charge is 0.146 e. The Balaban J connectivity index is 2.03. The van der Waals surface area contributed by atoms with E-state index in [4.69, 9.17) is 4.74 Å². The Morgan fingerprint density at radius 1 is 1.25 bits per heavy atom. The third-order valence-corrected chi connectivity index (χ3v) is 4.78. The minimum absolute atomic E-state index is 0.533. The summed E-state index contributed by atoms with van der Waals surface area (Å²) in [5.41, 5.74) is 0. The SMILES string of the molecule is Ic1cc(I)c(OCC2CCCN2)c(I)c1. The molecular weight excluding hydrogens is 543 g/mol. The van der Waals surface area contributed by atoms with Crippen molar-refractivity contribution in [2.45, 2.75) is 18.9 Å². The fourth-order valence-corrected chi connectivity index (χ4v) is 5.64. The van der Waals surface area contributed by atoms with Gasteiger partial charge in [0.05, 0.1) is 7.14 Å². The first-order chi connectivity index (χ1) is 7.66. The third kappa shape index (κ3) is 3.58. The molecule has 1 fully saturated rings. The van der Waals surface area contributed by atoms with Gasteiger partial charge < -0.3 is 10.1 Å². The molecule has 1 aliphatic rings. The molecule has 0 aliphatic carbocycles. The number of nitrogens with one attached hydrogen (secondary N) is 1. The van der Waals surface area contributed by atoms with Crippen LogP contribution in [0.15, 0.2) is 12.1 Å². The molecule has 0 bridgehead atoms. The van der Waals surface area contributed by atoms with Crippen molar-refractivity contribution in [2.75, 3.05) is 13.2 Å². The highest BCUT2D eigenvalue weighted by atomic mass is 127. The van der Waals surface area contributed by atoms with Gasteiger partial charge in [0.1, 0.15) is 12.4 Å². The van der Waals surface area contributed by atoms with Gasteiger partial charge in [-0.1, -0.05) is 0 Å². The molecule has 0 amide bonds. The number of hydrogen-bond donors (Lipinski definition) is 1. The fourth-order valence-electron chi connectivity index (χ4n) is 1.75. The van der Waals surface area contributed by atoms with E-state index in [2.05, 4.69) is 85.2 Å². The highest BCUT2D eigenvalue weighted by Gasteiger charge is 2.16. The first-order valence-electron chi connectivity index (χ1n) is 5.17. The van der Waals surface area contributed by atoms with Crippen molar-refractivity contribution in [1.29, 1.82) is 0 Å². The van der Waals surface area contributed by atoms with Crippen LogP contribution in [-0.4, -0.2) is 19.2 Å². The van der Waals surface area contributed by atoms with Gasteiger partial charge in [0, 0.05) is 9.61 Å². The van der Waals surface area contributed by atoms with Crippen LogP contribution in [0, 0.1) is 10.7 Å². The molecule has 1 aromatic rings. The molecular formula is C11H12I3NO. The minimum atomic E-state index is 0.533. The van der Waals surface area contributed by atoms with Crippen molar-refractivity contribution in [3.63, 3.8) is 0 Å². The van der Waals surface area contributed by atoms with Crippen molar-refractivity contribution in [1.82, 2.24) is 5.32 Å². The summed E-state index contributed by atoms with van der Waals surface area (Å²) < 4.78 is 9.59. The zero-order chi connectivity index (χ0) is 11.5. The van der Waals surface area contributed by atoms with Crippen LogP contribution in [0.2, 0.25) is 0 Å². The Bertz CT molecular complexity index is 354. The van der Waals surface area contributed by atoms with Crippen LogP contribution in [-0.2, 0) is 0 Å². The lowest BCUT2D eigenvalue weighted by Crippen LogP contribution is -2.28. The fraction of sp³-hybridized carbons (Fsp3) is 0.455. The molecule has 1 saturated heterocycles. The molecule has 1 N–H and O–H groups in total. The predicted octanol–water partition coefficient (Wildman–Crippen LogP) is 3.63.